The number of sulfone groups is 1. The van der Waals surface area contributed by atoms with Crippen LogP contribution in [0.2, 0.25) is 0 Å². The van der Waals surface area contributed by atoms with Gasteiger partial charge < -0.3 is 21.5 Å². The van der Waals surface area contributed by atoms with Crippen LogP contribution in [0.4, 0.5) is 17.3 Å². The zero-order chi connectivity index (χ0) is 22.2. The lowest BCUT2D eigenvalue weighted by Crippen LogP contribution is -2.29. The molecule has 2 fully saturated rings. The van der Waals surface area contributed by atoms with Crippen LogP contribution in [0, 0.1) is 0 Å². The van der Waals surface area contributed by atoms with Gasteiger partial charge in [0.05, 0.1) is 16.7 Å². The molecule has 0 spiro atoms. The van der Waals surface area contributed by atoms with Crippen molar-refractivity contribution < 1.29 is 18.3 Å². The first-order chi connectivity index (χ1) is 14.7. The van der Waals surface area contributed by atoms with E-state index in [0.717, 1.165) is 50.5 Å². The topological polar surface area (TPSA) is 147 Å². The van der Waals surface area contributed by atoms with Crippen LogP contribution < -0.4 is 16.4 Å². The minimum atomic E-state index is -3.39. The highest BCUT2D eigenvalue weighted by molar-refractivity contribution is 7.90. The molecule has 9 nitrogen and oxygen atoms in total. The number of anilines is 3. The maximum absolute atomic E-state index is 12.1. The Morgan fingerprint density at radius 2 is 1.81 bits per heavy atom. The first kappa shape index (κ1) is 21.5. The molecule has 0 aliphatic heterocycles. The number of aromatic nitrogens is 2. The van der Waals surface area contributed by atoms with Crippen LogP contribution >= 0.6 is 0 Å². The van der Waals surface area contributed by atoms with Gasteiger partial charge in [0.1, 0.15) is 0 Å². The van der Waals surface area contributed by atoms with Crippen LogP contribution in [-0.4, -0.2) is 47.8 Å². The van der Waals surface area contributed by atoms with Gasteiger partial charge in [0.15, 0.2) is 27.2 Å². The average molecular weight is 446 g/mol. The Morgan fingerprint density at radius 3 is 2.42 bits per heavy atom. The molecule has 0 atom stereocenters. The molecule has 0 saturated heterocycles. The summed E-state index contributed by atoms with van der Waals surface area (Å²) in [4.78, 5) is 21.5. The summed E-state index contributed by atoms with van der Waals surface area (Å²) in [6.45, 7) is 0. The van der Waals surface area contributed by atoms with Crippen molar-refractivity contribution in [2.75, 3.05) is 16.9 Å². The second kappa shape index (κ2) is 8.43. The third-order valence-electron chi connectivity index (χ3n) is 5.68. The molecule has 2 saturated carbocycles. The van der Waals surface area contributed by atoms with Crippen LogP contribution in [0.25, 0.3) is 0 Å². The summed E-state index contributed by atoms with van der Waals surface area (Å²) in [5.74, 6) is 0.324. The fourth-order valence-corrected chi connectivity index (χ4v) is 4.48. The molecular formula is C21H27N5O4S. The molecule has 10 heteroatoms. The predicted molar refractivity (Wildman–Crippen MR) is 117 cm³/mol. The Balaban J connectivity index is 1.68. The second-order valence-corrected chi connectivity index (χ2v) is 10.4. The summed E-state index contributed by atoms with van der Waals surface area (Å²) < 4.78 is 23.8. The summed E-state index contributed by atoms with van der Waals surface area (Å²) in [6.07, 6.45) is 5.94. The van der Waals surface area contributed by atoms with Gasteiger partial charge in [-0.2, -0.15) is 0 Å². The Kier molecular flexibility index (Phi) is 5.85. The summed E-state index contributed by atoms with van der Waals surface area (Å²) >= 11 is 0. The third-order valence-corrected chi connectivity index (χ3v) is 6.79. The number of nitrogens with zero attached hydrogens (tertiary/aromatic N) is 2. The number of carbonyl (C=O) groups is 1. The number of carbonyl (C=O) groups excluding carboxylic acids is 1. The number of aliphatic hydroxyl groups is 1. The van der Waals surface area contributed by atoms with Crippen LogP contribution in [0.1, 0.15) is 60.6 Å². The standard InChI is InChI=1S/C21H27N5O4S/c1-31(29,30)16-4-2-3-14(11-16)24-21-18(19(22)28)25-17(12-5-6-12)20(26-21)23-13-7-9-15(27)10-8-13/h2-4,11-13,15,27H,5-10H2,1H3,(H2,22,28)(H2,23,24,26)/t13-,15-. The zero-order valence-electron chi connectivity index (χ0n) is 17.3. The van der Waals surface area contributed by atoms with Gasteiger partial charge in [-0.15, -0.1) is 0 Å². The number of hydrogen-bond acceptors (Lipinski definition) is 8. The smallest absolute Gasteiger partial charge is 0.271 e. The number of nitrogens with two attached hydrogens (primary N) is 1. The van der Waals surface area contributed by atoms with Crippen molar-refractivity contribution in [3.8, 4) is 0 Å². The quantitative estimate of drug-likeness (QED) is 0.507. The summed E-state index contributed by atoms with van der Waals surface area (Å²) in [5.41, 5.74) is 6.80. The molecule has 0 unspecified atom stereocenters. The lowest BCUT2D eigenvalue weighted by molar-refractivity contribution is 0.0996. The van der Waals surface area contributed by atoms with E-state index in [1.54, 1.807) is 12.1 Å². The first-order valence-corrected chi connectivity index (χ1v) is 12.3. The Bertz CT molecular complexity index is 1090. The van der Waals surface area contributed by atoms with E-state index < -0.39 is 15.7 Å². The molecule has 1 amide bonds. The van der Waals surface area contributed by atoms with E-state index in [1.807, 2.05) is 0 Å². The van der Waals surface area contributed by atoms with Crippen molar-refractivity contribution >= 4 is 33.1 Å². The van der Waals surface area contributed by atoms with Crippen molar-refractivity contribution in [1.29, 1.82) is 0 Å². The highest BCUT2D eigenvalue weighted by Gasteiger charge is 2.32. The molecule has 0 bridgehead atoms. The van der Waals surface area contributed by atoms with Crippen LogP contribution in [0.15, 0.2) is 29.2 Å². The monoisotopic (exact) mass is 445 g/mol. The number of benzene rings is 1. The average Bonchev–Trinajstić information content (AvgIpc) is 3.54. The molecule has 2 aromatic rings. The molecule has 1 heterocycles. The number of nitrogens with one attached hydrogen (secondary N) is 2. The molecular weight excluding hydrogens is 418 g/mol. The molecule has 31 heavy (non-hydrogen) atoms. The molecule has 2 aliphatic rings. The minimum Gasteiger partial charge on any atom is -0.393 e. The third kappa shape index (κ3) is 5.13. The lowest BCUT2D eigenvalue weighted by Gasteiger charge is -2.27. The fourth-order valence-electron chi connectivity index (χ4n) is 3.81. The van der Waals surface area contributed by atoms with Crippen LogP contribution in [0.5, 0.6) is 0 Å². The van der Waals surface area contributed by atoms with Crippen molar-refractivity contribution in [1.82, 2.24) is 9.97 Å². The van der Waals surface area contributed by atoms with Gasteiger partial charge in [-0.05, 0) is 56.7 Å². The molecule has 2 aliphatic carbocycles. The van der Waals surface area contributed by atoms with Crippen LogP contribution in [0.3, 0.4) is 0 Å². The highest BCUT2D eigenvalue weighted by atomic mass is 32.2. The normalized spacial score (nSPS) is 21.5. The molecule has 1 aromatic heterocycles. The summed E-state index contributed by atoms with van der Waals surface area (Å²) in [7, 11) is -3.39. The summed E-state index contributed by atoms with van der Waals surface area (Å²) in [5, 5.41) is 16.2. The number of amides is 1. The van der Waals surface area contributed by atoms with E-state index in [4.69, 9.17) is 5.73 Å². The number of primary amides is 1. The summed E-state index contributed by atoms with van der Waals surface area (Å²) in [6, 6.07) is 6.44. The Hall–Kier alpha value is -2.72. The van der Waals surface area contributed by atoms with Gasteiger partial charge >= 0.3 is 0 Å². The van der Waals surface area contributed by atoms with Crippen molar-refractivity contribution in [2.24, 2.45) is 5.73 Å². The maximum Gasteiger partial charge on any atom is 0.271 e. The molecule has 5 N–H and O–H groups in total. The Labute approximate surface area is 181 Å². The largest absolute Gasteiger partial charge is 0.393 e. The first-order valence-electron chi connectivity index (χ1n) is 10.4. The highest BCUT2D eigenvalue weighted by Crippen LogP contribution is 2.43. The molecule has 0 radical (unpaired) electrons. The number of rotatable bonds is 7. The van der Waals surface area contributed by atoms with E-state index in [2.05, 4.69) is 20.6 Å². The number of hydrogen-bond donors (Lipinski definition) is 4. The van der Waals surface area contributed by atoms with Gasteiger partial charge in [0.2, 0.25) is 0 Å². The van der Waals surface area contributed by atoms with Crippen LogP contribution in [-0.2, 0) is 9.84 Å². The zero-order valence-corrected chi connectivity index (χ0v) is 18.2. The van der Waals surface area contributed by atoms with E-state index in [0.29, 0.717) is 11.5 Å². The van der Waals surface area contributed by atoms with E-state index in [-0.39, 0.29) is 34.5 Å². The van der Waals surface area contributed by atoms with E-state index in [1.165, 1.54) is 12.1 Å². The van der Waals surface area contributed by atoms with Gasteiger partial charge in [-0.1, -0.05) is 6.07 Å². The van der Waals surface area contributed by atoms with Gasteiger partial charge in [0.25, 0.3) is 5.91 Å². The number of aliphatic hydroxyl groups excluding tert-OH is 1. The van der Waals surface area contributed by atoms with Crippen molar-refractivity contribution in [3.63, 3.8) is 0 Å². The maximum atomic E-state index is 12.1. The Morgan fingerprint density at radius 1 is 1.10 bits per heavy atom. The fraction of sp³-hybridized carbons (Fsp3) is 0.476. The van der Waals surface area contributed by atoms with Gasteiger partial charge in [0, 0.05) is 23.9 Å². The SMILES string of the molecule is CS(=O)(=O)c1cccc(Nc2nc(N[C@H]3CC[C@H](O)CC3)c(C3CC3)nc2C(N)=O)c1. The van der Waals surface area contributed by atoms with E-state index in [9.17, 15) is 18.3 Å². The predicted octanol–water partition coefficient (Wildman–Crippen LogP) is 2.32. The van der Waals surface area contributed by atoms with Crippen molar-refractivity contribution in [2.45, 2.75) is 61.5 Å². The lowest BCUT2D eigenvalue weighted by atomic mass is 9.93. The van der Waals surface area contributed by atoms with Crippen molar-refractivity contribution in [3.05, 3.63) is 35.7 Å². The van der Waals surface area contributed by atoms with E-state index >= 15 is 0 Å². The molecule has 1 aromatic carbocycles. The van der Waals surface area contributed by atoms with Gasteiger partial charge in [-0.25, -0.2) is 18.4 Å². The molecule has 4 rings (SSSR count). The van der Waals surface area contributed by atoms with Gasteiger partial charge in [-0.3, -0.25) is 4.79 Å². The second-order valence-electron chi connectivity index (χ2n) is 8.37. The molecule has 166 valence electrons. The minimum absolute atomic E-state index is 0.0243.